The molecule has 3 nitrogen and oxygen atoms in total. The van der Waals surface area contributed by atoms with E-state index >= 15 is 0 Å². The van der Waals surface area contributed by atoms with E-state index in [1.54, 1.807) is 0 Å². The minimum atomic E-state index is 0.246. The molecular weight excluding hydrogens is 236 g/mol. The van der Waals surface area contributed by atoms with Crippen LogP contribution in [0.15, 0.2) is 35.5 Å². The first-order valence-electron chi connectivity index (χ1n) is 5.65. The first-order chi connectivity index (χ1) is 8.20. The van der Waals surface area contributed by atoms with Gasteiger partial charge in [0.1, 0.15) is 5.84 Å². The van der Waals surface area contributed by atoms with Gasteiger partial charge in [0, 0.05) is 10.9 Å². The van der Waals surface area contributed by atoms with Crippen molar-refractivity contribution in [2.45, 2.75) is 6.42 Å². The highest BCUT2D eigenvalue weighted by atomic mass is 35.5. The molecule has 4 heteroatoms. The van der Waals surface area contributed by atoms with Crippen molar-refractivity contribution in [3.8, 4) is 0 Å². The Morgan fingerprint density at radius 3 is 2.59 bits per heavy atom. The standard InChI is InChI=1S/C13H13ClN2O/c14-9-3-1-7(2-4-9)8-5-10-11(6-8)12(10)13(15)16-17/h1-5,10-12,17H,6H2,(H2,15,16)/t10-,11+,12+/m0/s1. The van der Waals surface area contributed by atoms with Crippen molar-refractivity contribution in [1.29, 1.82) is 0 Å². The normalized spacial score (nSPS) is 31.0. The summed E-state index contributed by atoms with van der Waals surface area (Å²) in [5.74, 6) is 1.59. The van der Waals surface area contributed by atoms with E-state index in [0.29, 0.717) is 17.7 Å². The minimum absolute atomic E-state index is 0.246. The molecular formula is C13H13ClN2O. The van der Waals surface area contributed by atoms with Crippen LogP contribution < -0.4 is 5.73 Å². The van der Waals surface area contributed by atoms with Gasteiger partial charge in [-0.1, -0.05) is 35.0 Å². The lowest BCUT2D eigenvalue weighted by Gasteiger charge is -2.06. The Morgan fingerprint density at radius 1 is 1.35 bits per heavy atom. The van der Waals surface area contributed by atoms with Crippen LogP contribution in [0.4, 0.5) is 0 Å². The molecule has 1 aromatic rings. The smallest absolute Gasteiger partial charge is 0.143 e. The van der Waals surface area contributed by atoms with Crippen molar-refractivity contribution in [2.24, 2.45) is 28.6 Å². The second kappa shape index (κ2) is 3.77. The molecule has 0 radical (unpaired) electrons. The zero-order chi connectivity index (χ0) is 12.0. The molecule has 3 rings (SSSR count). The van der Waals surface area contributed by atoms with Gasteiger partial charge in [0.2, 0.25) is 0 Å². The third kappa shape index (κ3) is 1.71. The van der Waals surface area contributed by atoms with Crippen LogP contribution in [0, 0.1) is 17.8 Å². The molecule has 0 amide bonds. The molecule has 2 aliphatic carbocycles. The van der Waals surface area contributed by atoms with Crippen LogP contribution in [0.3, 0.4) is 0 Å². The maximum atomic E-state index is 8.64. The van der Waals surface area contributed by atoms with Gasteiger partial charge in [-0.05, 0) is 41.5 Å². The molecule has 0 spiro atoms. The van der Waals surface area contributed by atoms with Gasteiger partial charge in [0.05, 0.1) is 0 Å². The number of oxime groups is 1. The maximum Gasteiger partial charge on any atom is 0.143 e. The monoisotopic (exact) mass is 248 g/mol. The average Bonchev–Trinajstić information content (AvgIpc) is 2.84. The van der Waals surface area contributed by atoms with Crippen molar-refractivity contribution in [1.82, 2.24) is 0 Å². The van der Waals surface area contributed by atoms with Gasteiger partial charge in [0.15, 0.2) is 0 Å². The zero-order valence-corrected chi connectivity index (χ0v) is 9.93. The Hall–Kier alpha value is -1.48. The van der Waals surface area contributed by atoms with Gasteiger partial charge in [-0.2, -0.15) is 0 Å². The van der Waals surface area contributed by atoms with E-state index in [4.69, 9.17) is 22.5 Å². The number of fused-ring (bicyclic) bond motifs is 1. The van der Waals surface area contributed by atoms with Gasteiger partial charge in [-0.15, -0.1) is 0 Å². The van der Waals surface area contributed by atoms with E-state index in [9.17, 15) is 0 Å². The quantitative estimate of drug-likeness (QED) is 0.366. The predicted molar refractivity (Wildman–Crippen MR) is 67.9 cm³/mol. The largest absolute Gasteiger partial charge is 0.409 e. The number of amidine groups is 1. The summed E-state index contributed by atoms with van der Waals surface area (Å²) < 4.78 is 0. The first kappa shape index (κ1) is 10.7. The summed E-state index contributed by atoms with van der Waals surface area (Å²) in [6, 6.07) is 7.89. The number of hydrogen-bond donors (Lipinski definition) is 2. The topological polar surface area (TPSA) is 58.6 Å². The summed E-state index contributed by atoms with van der Waals surface area (Å²) >= 11 is 5.86. The van der Waals surface area contributed by atoms with Crippen molar-refractivity contribution in [3.63, 3.8) is 0 Å². The minimum Gasteiger partial charge on any atom is -0.409 e. The Bertz CT molecular complexity index is 507. The molecule has 1 saturated carbocycles. The number of hydrogen-bond acceptors (Lipinski definition) is 2. The molecule has 1 fully saturated rings. The lowest BCUT2D eigenvalue weighted by atomic mass is 10.0. The molecule has 0 aromatic heterocycles. The lowest BCUT2D eigenvalue weighted by Crippen LogP contribution is -2.16. The lowest BCUT2D eigenvalue weighted by molar-refractivity contribution is 0.316. The van der Waals surface area contributed by atoms with Crippen LogP contribution in [0.2, 0.25) is 5.02 Å². The number of rotatable bonds is 2. The third-order valence-corrected chi connectivity index (χ3v) is 4.00. The molecule has 0 heterocycles. The fourth-order valence-electron chi connectivity index (χ4n) is 2.81. The molecule has 3 atom stereocenters. The van der Waals surface area contributed by atoms with E-state index in [-0.39, 0.29) is 5.92 Å². The number of nitrogens with zero attached hydrogens (tertiary/aromatic N) is 1. The van der Waals surface area contributed by atoms with Crippen LogP contribution >= 0.6 is 11.6 Å². The molecule has 2 aliphatic rings. The molecule has 0 saturated heterocycles. The van der Waals surface area contributed by atoms with Crippen molar-refractivity contribution < 1.29 is 5.21 Å². The van der Waals surface area contributed by atoms with E-state index in [0.717, 1.165) is 11.4 Å². The molecule has 1 aromatic carbocycles. The second-order valence-electron chi connectivity index (χ2n) is 4.69. The maximum absolute atomic E-state index is 8.64. The Morgan fingerprint density at radius 2 is 2.06 bits per heavy atom. The third-order valence-electron chi connectivity index (χ3n) is 3.75. The first-order valence-corrected chi connectivity index (χ1v) is 6.02. The molecule has 0 aliphatic heterocycles. The van der Waals surface area contributed by atoms with Crippen LogP contribution in [0.5, 0.6) is 0 Å². The number of benzene rings is 1. The summed E-state index contributed by atoms with van der Waals surface area (Å²) in [6.07, 6.45) is 3.25. The van der Waals surface area contributed by atoms with Gasteiger partial charge >= 0.3 is 0 Å². The van der Waals surface area contributed by atoms with Crippen LogP contribution in [0.1, 0.15) is 12.0 Å². The summed E-state index contributed by atoms with van der Waals surface area (Å²) in [7, 11) is 0. The average molecular weight is 249 g/mol. The van der Waals surface area contributed by atoms with Gasteiger partial charge in [-0.3, -0.25) is 0 Å². The summed E-state index contributed by atoms with van der Waals surface area (Å²) in [5.41, 5.74) is 8.19. The van der Waals surface area contributed by atoms with E-state index in [2.05, 4.69) is 11.2 Å². The number of allylic oxidation sites excluding steroid dienone is 2. The fraction of sp³-hybridized carbons (Fsp3) is 0.308. The predicted octanol–water partition coefficient (Wildman–Crippen LogP) is 2.74. The SMILES string of the molecule is N/C(=N\O)[C@@H]1[C@H]2C=C(c3ccc(Cl)cc3)C[C@H]21. The zero-order valence-electron chi connectivity index (χ0n) is 9.18. The van der Waals surface area contributed by atoms with Crippen LogP contribution in [-0.4, -0.2) is 11.0 Å². The summed E-state index contributed by atoms with van der Waals surface area (Å²) in [4.78, 5) is 0. The summed E-state index contributed by atoms with van der Waals surface area (Å²) in [6.45, 7) is 0. The van der Waals surface area contributed by atoms with Crippen molar-refractivity contribution >= 4 is 23.0 Å². The molecule has 88 valence electrons. The Labute approximate surface area is 105 Å². The van der Waals surface area contributed by atoms with E-state index in [1.807, 2.05) is 24.3 Å². The van der Waals surface area contributed by atoms with Gasteiger partial charge in [-0.25, -0.2) is 0 Å². The number of halogens is 1. The highest BCUT2D eigenvalue weighted by Gasteiger charge is 2.54. The highest BCUT2D eigenvalue weighted by molar-refractivity contribution is 6.30. The van der Waals surface area contributed by atoms with Crippen LogP contribution in [0.25, 0.3) is 5.57 Å². The number of nitrogens with two attached hydrogens (primary N) is 1. The summed E-state index contributed by atoms with van der Waals surface area (Å²) in [5, 5.41) is 12.5. The molecule has 0 bridgehead atoms. The molecule has 3 N–H and O–H groups in total. The molecule has 0 unspecified atom stereocenters. The second-order valence-corrected chi connectivity index (χ2v) is 5.13. The fourth-order valence-corrected chi connectivity index (χ4v) is 2.93. The van der Waals surface area contributed by atoms with Crippen molar-refractivity contribution in [2.75, 3.05) is 0 Å². The Balaban J connectivity index is 1.78. The highest BCUT2D eigenvalue weighted by Crippen LogP contribution is 2.58. The molecule has 17 heavy (non-hydrogen) atoms. The van der Waals surface area contributed by atoms with E-state index < -0.39 is 0 Å². The van der Waals surface area contributed by atoms with Crippen molar-refractivity contribution in [3.05, 3.63) is 40.9 Å². The van der Waals surface area contributed by atoms with Crippen LogP contribution in [-0.2, 0) is 0 Å². The van der Waals surface area contributed by atoms with Gasteiger partial charge in [0.25, 0.3) is 0 Å². The van der Waals surface area contributed by atoms with Gasteiger partial charge < -0.3 is 10.9 Å². The van der Waals surface area contributed by atoms with E-state index in [1.165, 1.54) is 11.1 Å². The Kier molecular flexibility index (Phi) is 2.37.